The van der Waals surface area contributed by atoms with Gasteiger partial charge in [-0.05, 0) is 24.2 Å². The minimum Gasteiger partial charge on any atom is -0.496 e. The highest BCUT2D eigenvalue weighted by Crippen LogP contribution is 2.36. The van der Waals surface area contributed by atoms with Crippen LogP contribution in [0.3, 0.4) is 0 Å². The molecule has 0 N–H and O–H groups in total. The monoisotopic (exact) mass is 214 g/mol. The zero-order valence-electron chi connectivity index (χ0n) is 9.96. The van der Waals surface area contributed by atoms with Crippen molar-refractivity contribution in [3.05, 3.63) is 12.3 Å². The zero-order chi connectivity index (χ0) is 10.8. The molecule has 1 aliphatic rings. The fraction of sp³-hybridized carbons (Fsp3) is 0.818. The Kier molecular flexibility index (Phi) is 3.43. The zero-order valence-corrected chi connectivity index (χ0v) is 11.0. The molecule has 0 aromatic heterocycles. The number of ether oxygens (including phenoxy) is 1. The molecule has 1 rings (SSSR count). The molecule has 0 saturated heterocycles. The Hall–Kier alpha value is -0.283. The van der Waals surface area contributed by atoms with Crippen molar-refractivity contribution in [1.29, 1.82) is 0 Å². The minimum atomic E-state index is -1.58. The van der Waals surface area contributed by atoms with Crippen molar-refractivity contribution in [2.45, 2.75) is 51.4 Å². The molecule has 14 heavy (non-hydrogen) atoms. The second-order valence-corrected chi connectivity index (χ2v) is 10.2. The highest BCUT2D eigenvalue weighted by molar-refractivity contribution is 6.74. The predicted octanol–water partition coefficient (Wildman–Crippen LogP) is 3.31. The summed E-state index contributed by atoms with van der Waals surface area (Å²) in [4.78, 5) is 0. The van der Waals surface area contributed by atoms with E-state index >= 15 is 0 Å². The van der Waals surface area contributed by atoms with E-state index in [0.29, 0.717) is 5.04 Å². The third-order valence-electron chi connectivity index (χ3n) is 3.20. The Morgan fingerprint density at radius 1 is 1.43 bits per heavy atom. The molecule has 0 radical (unpaired) electrons. The average molecular weight is 214 g/mol. The van der Waals surface area contributed by atoms with E-state index in [1.807, 2.05) is 0 Å². The van der Waals surface area contributed by atoms with E-state index in [9.17, 15) is 0 Å². The maximum absolute atomic E-state index is 6.05. The van der Waals surface area contributed by atoms with Gasteiger partial charge in [-0.3, -0.25) is 0 Å². The van der Waals surface area contributed by atoms with Gasteiger partial charge < -0.3 is 9.16 Å². The van der Waals surface area contributed by atoms with Crippen molar-refractivity contribution in [1.82, 2.24) is 0 Å². The standard InChI is InChI=1S/C11H22O2Si/c1-11(2,3)14(4,5)13-9-10-7-6-8-12-10/h6,8,10H,7,9H2,1-5H3/t10-/m1/s1. The maximum Gasteiger partial charge on any atom is 0.192 e. The van der Waals surface area contributed by atoms with Crippen molar-refractivity contribution in [3.63, 3.8) is 0 Å². The largest absolute Gasteiger partial charge is 0.496 e. The van der Waals surface area contributed by atoms with Gasteiger partial charge in [0.15, 0.2) is 8.32 Å². The Bertz CT molecular complexity index is 208. The van der Waals surface area contributed by atoms with Crippen LogP contribution in [0.2, 0.25) is 18.1 Å². The van der Waals surface area contributed by atoms with Gasteiger partial charge in [-0.15, -0.1) is 0 Å². The van der Waals surface area contributed by atoms with E-state index < -0.39 is 8.32 Å². The van der Waals surface area contributed by atoms with Crippen molar-refractivity contribution >= 4 is 8.32 Å². The summed E-state index contributed by atoms with van der Waals surface area (Å²) in [6.45, 7) is 12.1. The van der Waals surface area contributed by atoms with Gasteiger partial charge >= 0.3 is 0 Å². The fourth-order valence-electron chi connectivity index (χ4n) is 1.05. The molecule has 0 spiro atoms. The first-order chi connectivity index (χ1) is 6.33. The minimum absolute atomic E-state index is 0.254. The molecule has 0 aromatic carbocycles. The molecule has 0 amide bonds. The third-order valence-corrected chi connectivity index (χ3v) is 7.70. The summed E-state index contributed by atoms with van der Waals surface area (Å²) in [5.41, 5.74) is 0. The second kappa shape index (κ2) is 4.07. The van der Waals surface area contributed by atoms with Gasteiger partial charge in [-0.1, -0.05) is 20.8 Å². The van der Waals surface area contributed by atoms with Gasteiger partial charge in [-0.25, -0.2) is 0 Å². The van der Waals surface area contributed by atoms with E-state index in [1.165, 1.54) is 0 Å². The van der Waals surface area contributed by atoms with Gasteiger partial charge in [0.2, 0.25) is 0 Å². The lowest BCUT2D eigenvalue weighted by Gasteiger charge is -2.36. The van der Waals surface area contributed by atoms with Crippen LogP contribution in [0.1, 0.15) is 27.2 Å². The van der Waals surface area contributed by atoms with Gasteiger partial charge in [0.05, 0.1) is 12.9 Å². The molecule has 0 bridgehead atoms. The highest BCUT2D eigenvalue weighted by atomic mass is 28.4. The van der Waals surface area contributed by atoms with Crippen LogP contribution in [0.5, 0.6) is 0 Å². The average Bonchev–Trinajstić information content (AvgIpc) is 2.50. The lowest BCUT2D eigenvalue weighted by Crippen LogP contribution is -2.42. The number of hydrogen-bond donors (Lipinski definition) is 0. The second-order valence-electron chi connectivity index (χ2n) is 5.44. The molecule has 1 aliphatic heterocycles. The summed E-state index contributed by atoms with van der Waals surface area (Å²) in [6.07, 6.45) is 5.08. The van der Waals surface area contributed by atoms with Crippen LogP contribution in [0.4, 0.5) is 0 Å². The first-order valence-electron chi connectivity index (χ1n) is 5.27. The van der Waals surface area contributed by atoms with Gasteiger partial charge in [0.25, 0.3) is 0 Å². The Morgan fingerprint density at radius 2 is 2.07 bits per heavy atom. The third kappa shape index (κ3) is 2.85. The van der Waals surface area contributed by atoms with E-state index in [4.69, 9.17) is 9.16 Å². The molecule has 1 atom stereocenters. The van der Waals surface area contributed by atoms with Crippen LogP contribution in [0.25, 0.3) is 0 Å². The molecular formula is C11H22O2Si. The summed E-state index contributed by atoms with van der Waals surface area (Å²) < 4.78 is 11.4. The molecule has 1 heterocycles. The van der Waals surface area contributed by atoms with Crippen LogP contribution >= 0.6 is 0 Å². The number of hydrogen-bond acceptors (Lipinski definition) is 2. The fourth-order valence-corrected chi connectivity index (χ4v) is 2.09. The van der Waals surface area contributed by atoms with Crippen molar-refractivity contribution in [2.24, 2.45) is 0 Å². The Labute approximate surface area is 88.4 Å². The first-order valence-corrected chi connectivity index (χ1v) is 8.18. The van der Waals surface area contributed by atoms with Crippen molar-refractivity contribution in [2.75, 3.05) is 6.61 Å². The summed E-state index contributed by atoms with van der Waals surface area (Å²) in [6, 6.07) is 0. The van der Waals surface area contributed by atoms with E-state index in [2.05, 4.69) is 39.9 Å². The topological polar surface area (TPSA) is 18.5 Å². The summed E-state index contributed by atoms with van der Waals surface area (Å²) >= 11 is 0. The maximum atomic E-state index is 6.05. The van der Waals surface area contributed by atoms with E-state index in [-0.39, 0.29) is 6.10 Å². The normalized spacial score (nSPS) is 22.5. The summed E-state index contributed by atoms with van der Waals surface area (Å²) in [7, 11) is -1.58. The van der Waals surface area contributed by atoms with Crippen LogP contribution in [0.15, 0.2) is 12.3 Å². The highest BCUT2D eigenvalue weighted by Gasteiger charge is 2.37. The molecule has 0 aromatic rings. The lowest BCUT2D eigenvalue weighted by atomic mass is 10.2. The number of rotatable bonds is 3. The molecule has 0 aliphatic carbocycles. The smallest absolute Gasteiger partial charge is 0.192 e. The SMILES string of the molecule is CC(C)(C)[Si](C)(C)OC[C@H]1CC=CO1. The molecule has 0 unspecified atom stereocenters. The Balaban J connectivity index is 2.36. The van der Waals surface area contributed by atoms with Crippen molar-refractivity contribution in [3.8, 4) is 0 Å². The van der Waals surface area contributed by atoms with Crippen molar-refractivity contribution < 1.29 is 9.16 Å². The van der Waals surface area contributed by atoms with E-state index in [0.717, 1.165) is 13.0 Å². The molecular weight excluding hydrogens is 192 g/mol. The molecule has 82 valence electrons. The molecule has 3 heteroatoms. The Morgan fingerprint density at radius 3 is 2.50 bits per heavy atom. The molecule has 0 saturated carbocycles. The van der Waals surface area contributed by atoms with Gasteiger partial charge in [0.1, 0.15) is 6.10 Å². The van der Waals surface area contributed by atoms with Crippen LogP contribution in [-0.2, 0) is 9.16 Å². The van der Waals surface area contributed by atoms with Crippen LogP contribution in [-0.4, -0.2) is 21.0 Å². The van der Waals surface area contributed by atoms with Gasteiger partial charge in [0, 0.05) is 6.42 Å². The lowest BCUT2D eigenvalue weighted by molar-refractivity contribution is 0.101. The molecule has 0 fully saturated rings. The van der Waals surface area contributed by atoms with Crippen LogP contribution in [0, 0.1) is 0 Å². The van der Waals surface area contributed by atoms with Gasteiger partial charge in [-0.2, -0.15) is 0 Å². The quantitative estimate of drug-likeness (QED) is 0.671. The predicted molar refractivity (Wildman–Crippen MR) is 61.8 cm³/mol. The van der Waals surface area contributed by atoms with E-state index in [1.54, 1.807) is 6.26 Å². The molecule has 2 nitrogen and oxygen atoms in total. The van der Waals surface area contributed by atoms with Crippen LogP contribution < -0.4 is 0 Å². The summed E-state index contributed by atoms with van der Waals surface area (Å²) in [5.74, 6) is 0. The first kappa shape index (κ1) is 11.8. The summed E-state index contributed by atoms with van der Waals surface area (Å²) in [5, 5.41) is 0.291.